The molecule has 1 atom stereocenters. The maximum Gasteiger partial charge on any atom is 0.224 e. The fourth-order valence-electron chi connectivity index (χ4n) is 2.86. The summed E-state index contributed by atoms with van der Waals surface area (Å²) in [6.45, 7) is 2.56. The first kappa shape index (κ1) is 15.8. The van der Waals surface area contributed by atoms with E-state index in [1.807, 2.05) is 6.07 Å². The number of carbonyl (C=O) groups excluding carboxylic acids is 1. The highest BCUT2D eigenvalue weighted by atomic mass is 79.9. The van der Waals surface area contributed by atoms with Crippen molar-refractivity contribution in [1.29, 1.82) is 0 Å². The molecular weight excluding hydrogens is 340 g/mol. The second kappa shape index (κ2) is 6.46. The average molecular weight is 360 g/mol. The molecule has 2 N–H and O–H groups in total. The van der Waals surface area contributed by atoms with E-state index in [9.17, 15) is 4.79 Å². The van der Waals surface area contributed by atoms with Crippen molar-refractivity contribution in [2.75, 3.05) is 19.6 Å². The molecular formula is C15H20BrClN2O. The van der Waals surface area contributed by atoms with Crippen molar-refractivity contribution < 1.29 is 4.79 Å². The van der Waals surface area contributed by atoms with E-state index in [0.717, 1.165) is 30.5 Å². The first-order valence-electron chi connectivity index (χ1n) is 6.95. The smallest absolute Gasteiger partial charge is 0.224 e. The molecule has 1 saturated carbocycles. The number of benzene rings is 1. The third-order valence-electron chi connectivity index (χ3n) is 4.33. The van der Waals surface area contributed by atoms with Crippen LogP contribution in [0.3, 0.4) is 0 Å². The summed E-state index contributed by atoms with van der Waals surface area (Å²) in [5.41, 5.74) is 1.50. The number of hydrogen-bond acceptors (Lipinski definition) is 2. The number of amides is 1. The fourth-order valence-corrected chi connectivity index (χ4v) is 3.57. The van der Waals surface area contributed by atoms with E-state index in [2.05, 4.69) is 44.8 Å². The molecule has 5 heteroatoms. The third-order valence-corrected chi connectivity index (χ3v) is 5.02. The first-order chi connectivity index (χ1) is 9.21. The third kappa shape index (κ3) is 3.18. The molecule has 1 aliphatic carbocycles. The van der Waals surface area contributed by atoms with Crippen LogP contribution in [-0.2, 0) is 10.2 Å². The summed E-state index contributed by atoms with van der Waals surface area (Å²) in [6, 6.07) is 8.35. The molecule has 0 bridgehead atoms. The Labute approximate surface area is 134 Å². The second-order valence-electron chi connectivity index (χ2n) is 5.67. The number of carbonyl (C=O) groups is 1. The molecule has 0 radical (unpaired) electrons. The van der Waals surface area contributed by atoms with Crippen LogP contribution in [0.15, 0.2) is 28.7 Å². The largest absolute Gasteiger partial charge is 0.355 e. The van der Waals surface area contributed by atoms with E-state index in [0.29, 0.717) is 0 Å². The van der Waals surface area contributed by atoms with Gasteiger partial charge in [0.2, 0.25) is 5.91 Å². The summed E-state index contributed by atoms with van der Waals surface area (Å²) in [6.07, 6.45) is 3.30. The van der Waals surface area contributed by atoms with E-state index in [-0.39, 0.29) is 29.6 Å². The van der Waals surface area contributed by atoms with Gasteiger partial charge >= 0.3 is 0 Å². The molecule has 110 valence electrons. The van der Waals surface area contributed by atoms with Crippen LogP contribution in [0.1, 0.15) is 24.8 Å². The number of nitrogens with one attached hydrogen (secondary N) is 2. The summed E-state index contributed by atoms with van der Waals surface area (Å²) in [5, 5.41) is 6.39. The topological polar surface area (TPSA) is 41.1 Å². The van der Waals surface area contributed by atoms with E-state index >= 15 is 0 Å². The van der Waals surface area contributed by atoms with Gasteiger partial charge in [-0.05, 0) is 37.4 Å². The van der Waals surface area contributed by atoms with Crippen LogP contribution in [-0.4, -0.2) is 25.5 Å². The van der Waals surface area contributed by atoms with Crippen molar-refractivity contribution in [3.8, 4) is 0 Å². The fraction of sp³-hybridized carbons (Fsp3) is 0.533. The van der Waals surface area contributed by atoms with Crippen molar-refractivity contribution in [3.05, 3.63) is 34.3 Å². The Hall–Kier alpha value is -0.580. The second-order valence-corrected chi connectivity index (χ2v) is 6.52. The lowest BCUT2D eigenvalue weighted by Gasteiger charge is -2.19. The van der Waals surface area contributed by atoms with Gasteiger partial charge in [-0.25, -0.2) is 0 Å². The zero-order chi connectivity index (χ0) is 13.3. The molecule has 1 aromatic carbocycles. The lowest BCUT2D eigenvalue weighted by molar-refractivity contribution is -0.124. The van der Waals surface area contributed by atoms with E-state index in [1.165, 1.54) is 18.4 Å². The molecule has 1 aromatic rings. The number of hydrogen-bond donors (Lipinski definition) is 2. The molecule has 20 heavy (non-hydrogen) atoms. The standard InChI is InChI=1S/C15H19BrN2O.ClH/c16-13-4-2-1-3-12(13)15(6-7-15)10-18-14(19)11-5-8-17-9-11;/h1-4,11,17H,5-10H2,(H,18,19);1H. The minimum Gasteiger partial charge on any atom is -0.355 e. The van der Waals surface area contributed by atoms with Gasteiger partial charge in [0.25, 0.3) is 0 Å². The first-order valence-corrected chi connectivity index (χ1v) is 7.74. The van der Waals surface area contributed by atoms with Crippen LogP contribution < -0.4 is 10.6 Å². The molecule has 3 rings (SSSR count). The van der Waals surface area contributed by atoms with Gasteiger partial charge in [0.15, 0.2) is 0 Å². The van der Waals surface area contributed by atoms with Crippen molar-refractivity contribution >= 4 is 34.2 Å². The highest BCUT2D eigenvalue weighted by Gasteiger charge is 2.45. The number of halogens is 2. The molecule has 1 unspecified atom stereocenters. The Morgan fingerprint density at radius 3 is 2.75 bits per heavy atom. The van der Waals surface area contributed by atoms with Crippen LogP contribution in [0.4, 0.5) is 0 Å². The van der Waals surface area contributed by atoms with Crippen LogP contribution >= 0.6 is 28.3 Å². The van der Waals surface area contributed by atoms with Crippen molar-refractivity contribution in [2.45, 2.75) is 24.7 Å². The van der Waals surface area contributed by atoms with Gasteiger partial charge in [-0.15, -0.1) is 12.4 Å². The van der Waals surface area contributed by atoms with E-state index in [1.54, 1.807) is 0 Å². The predicted octanol–water partition coefficient (Wildman–Crippen LogP) is 2.63. The zero-order valence-corrected chi connectivity index (χ0v) is 13.7. The van der Waals surface area contributed by atoms with Crippen LogP contribution in [0.5, 0.6) is 0 Å². The van der Waals surface area contributed by atoms with Gasteiger partial charge in [0, 0.05) is 23.0 Å². The molecule has 2 aliphatic rings. The molecule has 0 aromatic heterocycles. The lowest BCUT2D eigenvalue weighted by atomic mass is 9.95. The van der Waals surface area contributed by atoms with E-state index < -0.39 is 0 Å². The molecule has 1 heterocycles. The Morgan fingerprint density at radius 1 is 1.40 bits per heavy atom. The molecule has 1 aliphatic heterocycles. The summed E-state index contributed by atoms with van der Waals surface area (Å²) in [5.74, 6) is 0.373. The minimum atomic E-state index is 0. The van der Waals surface area contributed by atoms with Gasteiger partial charge in [0.05, 0.1) is 5.92 Å². The quantitative estimate of drug-likeness (QED) is 0.868. The normalized spacial score (nSPS) is 22.9. The highest BCUT2D eigenvalue weighted by molar-refractivity contribution is 9.10. The van der Waals surface area contributed by atoms with Gasteiger partial charge in [0.1, 0.15) is 0 Å². The average Bonchev–Trinajstić information content (AvgIpc) is 3.00. The molecule has 3 nitrogen and oxygen atoms in total. The maximum absolute atomic E-state index is 12.1. The van der Waals surface area contributed by atoms with Crippen LogP contribution in [0.25, 0.3) is 0 Å². The van der Waals surface area contributed by atoms with E-state index in [4.69, 9.17) is 0 Å². The Balaban J connectivity index is 0.00000147. The Bertz CT molecular complexity index is 485. The maximum atomic E-state index is 12.1. The Morgan fingerprint density at radius 2 is 2.15 bits per heavy atom. The number of rotatable bonds is 4. The SMILES string of the molecule is Cl.O=C(NCC1(c2ccccc2Br)CC1)C1CCNC1. The summed E-state index contributed by atoms with van der Waals surface area (Å²) < 4.78 is 1.16. The van der Waals surface area contributed by atoms with Crippen molar-refractivity contribution in [3.63, 3.8) is 0 Å². The summed E-state index contributed by atoms with van der Waals surface area (Å²) >= 11 is 3.62. The van der Waals surface area contributed by atoms with Gasteiger partial charge in [-0.2, -0.15) is 0 Å². The molecule has 2 fully saturated rings. The van der Waals surface area contributed by atoms with Crippen molar-refractivity contribution in [1.82, 2.24) is 10.6 Å². The van der Waals surface area contributed by atoms with Crippen LogP contribution in [0, 0.1) is 5.92 Å². The molecule has 1 saturated heterocycles. The van der Waals surface area contributed by atoms with Gasteiger partial charge < -0.3 is 10.6 Å². The van der Waals surface area contributed by atoms with Crippen LogP contribution in [0.2, 0.25) is 0 Å². The summed E-state index contributed by atoms with van der Waals surface area (Å²) in [4.78, 5) is 12.1. The zero-order valence-electron chi connectivity index (χ0n) is 11.3. The Kier molecular flexibility index (Phi) is 5.10. The summed E-state index contributed by atoms with van der Waals surface area (Å²) in [7, 11) is 0. The lowest BCUT2D eigenvalue weighted by Crippen LogP contribution is -2.37. The van der Waals surface area contributed by atoms with Crippen molar-refractivity contribution in [2.24, 2.45) is 5.92 Å². The predicted molar refractivity (Wildman–Crippen MR) is 86.3 cm³/mol. The van der Waals surface area contributed by atoms with Gasteiger partial charge in [-0.1, -0.05) is 34.1 Å². The molecule has 0 spiro atoms. The highest BCUT2D eigenvalue weighted by Crippen LogP contribution is 2.49. The minimum absolute atomic E-state index is 0. The monoisotopic (exact) mass is 358 g/mol. The van der Waals surface area contributed by atoms with Gasteiger partial charge in [-0.3, -0.25) is 4.79 Å². The molecule has 1 amide bonds.